The van der Waals surface area contributed by atoms with E-state index in [0.29, 0.717) is 5.69 Å². The summed E-state index contributed by atoms with van der Waals surface area (Å²) < 4.78 is 0. The Morgan fingerprint density at radius 3 is 2.75 bits per heavy atom. The molecule has 0 aliphatic heterocycles. The van der Waals surface area contributed by atoms with Crippen LogP contribution in [0.15, 0.2) is 24.4 Å². The molecule has 0 aromatic carbocycles. The molecule has 0 spiro atoms. The van der Waals surface area contributed by atoms with Gasteiger partial charge in [-0.15, -0.1) is 0 Å². The number of carboxylic acid groups (broad SMARTS) is 1. The van der Waals surface area contributed by atoms with Crippen molar-refractivity contribution in [3.63, 3.8) is 0 Å². The maximum Gasteiger partial charge on any atom is 0.328 e. The van der Waals surface area contributed by atoms with Gasteiger partial charge in [0.25, 0.3) is 0 Å². The standard InChI is InChI=1S/C10H9ClN2O3/c1-6-4-5-12-10(11)9(6)13-7(14)2-3-8(15)16/h2-5H,1H3,(H,13,14)(H,15,16). The lowest BCUT2D eigenvalue weighted by Gasteiger charge is -2.06. The Kier molecular flexibility index (Phi) is 4.02. The first-order chi connectivity index (χ1) is 7.50. The van der Waals surface area contributed by atoms with Crippen molar-refractivity contribution in [2.75, 3.05) is 5.32 Å². The molecule has 0 unspecified atom stereocenters. The number of hydrogen-bond acceptors (Lipinski definition) is 3. The predicted octanol–water partition coefficient (Wildman–Crippen LogP) is 1.62. The Labute approximate surface area is 96.8 Å². The summed E-state index contributed by atoms with van der Waals surface area (Å²) in [5, 5.41) is 10.9. The molecule has 1 heterocycles. The molecule has 5 nitrogen and oxygen atoms in total. The molecular weight excluding hydrogens is 232 g/mol. The number of carbonyl (C=O) groups excluding carboxylic acids is 1. The first-order valence-electron chi connectivity index (χ1n) is 4.34. The number of pyridine rings is 1. The van der Waals surface area contributed by atoms with Crippen molar-refractivity contribution < 1.29 is 14.7 Å². The molecule has 0 aliphatic carbocycles. The number of aryl methyl sites for hydroxylation is 1. The highest BCUT2D eigenvalue weighted by atomic mass is 35.5. The fraction of sp³-hybridized carbons (Fsp3) is 0.100. The van der Waals surface area contributed by atoms with E-state index < -0.39 is 11.9 Å². The second-order valence-electron chi connectivity index (χ2n) is 2.95. The van der Waals surface area contributed by atoms with Crippen LogP contribution in [0, 0.1) is 6.92 Å². The minimum atomic E-state index is -1.19. The van der Waals surface area contributed by atoms with Gasteiger partial charge in [0.05, 0.1) is 5.69 Å². The number of halogens is 1. The van der Waals surface area contributed by atoms with Crippen molar-refractivity contribution in [2.45, 2.75) is 6.92 Å². The van der Waals surface area contributed by atoms with Gasteiger partial charge in [0, 0.05) is 18.3 Å². The summed E-state index contributed by atoms with van der Waals surface area (Å²) in [4.78, 5) is 25.3. The monoisotopic (exact) mass is 240 g/mol. The molecule has 2 N–H and O–H groups in total. The number of carbonyl (C=O) groups is 2. The van der Waals surface area contributed by atoms with Crippen LogP contribution in [0.4, 0.5) is 5.69 Å². The maximum atomic E-state index is 11.3. The molecule has 0 fully saturated rings. The van der Waals surface area contributed by atoms with E-state index in [0.717, 1.165) is 17.7 Å². The van der Waals surface area contributed by atoms with Crippen molar-refractivity contribution in [3.8, 4) is 0 Å². The normalized spacial score (nSPS) is 10.4. The minimum absolute atomic E-state index is 0.164. The van der Waals surface area contributed by atoms with E-state index >= 15 is 0 Å². The number of anilines is 1. The first kappa shape index (κ1) is 12.2. The minimum Gasteiger partial charge on any atom is -0.478 e. The molecule has 0 saturated carbocycles. The largest absolute Gasteiger partial charge is 0.478 e. The van der Waals surface area contributed by atoms with Crippen LogP contribution in [0.3, 0.4) is 0 Å². The van der Waals surface area contributed by atoms with Crippen LogP contribution >= 0.6 is 11.6 Å². The second kappa shape index (κ2) is 5.27. The van der Waals surface area contributed by atoms with Crippen LogP contribution in [0.25, 0.3) is 0 Å². The fourth-order valence-electron chi connectivity index (χ4n) is 0.987. The molecule has 1 rings (SSSR count). The third-order valence-electron chi connectivity index (χ3n) is 1.74. The number of nitrogens with one attached hydrogen (secondary N) is 1. The lowest BCUT2D eigenvalue weighted by atomic mass is 10.2. The van der Waals surface area contributed by atoms with Crippen molar-refractivity contribution in [3.05, 3.63) is 35.1 Å². The smallest absolute Gasteiger partial charge is 0.328 e. The zero-order valence-corrected chi connectivity index (χ0v) is 9.15. The maximum absolute atomic E-state index is 11.3. The summed E-state index contributed by atoms with van der Waals surface area (Å²) in [7, 11) is 0. The van der Waals surface area contributed by atoms with Crippen LogP contribution in [0.5, 0.6) is 0 Å². The van der Waals surface area contributed by atoms with Gasteiger partial charge >= 0.3 is 5.97 Å². The van der Waals surface area contributed by atoms with Crippen LogP contribution in [0.2, 0.25) is 5.15 Å². The van der Waals surface area contributed by atoms with Gasteiger partial charge in [-0.05, 0) is 18.6 Å². The van der Waals surface area contributed by atoms with Gasteiger partial charge in [0.2, 0.25) is 5.91 Å². The van der Waals surface area contributed by atoms with Gasteiger partial charge in [-0.25, -0.2) is 9.78 Å². The Bertz CT molecular complexity index is 437. The average molecular weight is 241 g/mol. The van der Waals surface area contributed by atoms with Gasteiger partial charge < -0.3 is 10.4 Å². The molecule has 1 aromatic rings. The topological polar surface area (TPSA) is 79.3 Å². The zero-order valence-electron chi connectivity index (χ0n) is 8.40. The number of hydrogen-bond donors (Lipinski definition) is 2. The Morgan fingerprint density at radius 1 is 1.50 bits per heavy atom. The molecule has 84 valence electrons. The number of amides is 1. The Morgan fingerprint density at radius 2 is 2.19 bits per heavy atom. The predicted molar refractivity (Wildman–Crippen MR) is 59.4 cm³/mol. The van der Waals surface area contributed by atoms with E-state index in [9.17, 15) is 9.59 Å². The molecule has 1 amide bonds. The second-order valence-corrected chi connectivity index (χ2v) is 3.31. The summed E-state index contributed by atoms with van der Waals surface area (Å²) in [5.41, 5.74) is 1.13. The molecule has 0 saturated heterocycles. The number of aromatic nitrogens is 1. The van der Waals surface area contributed by atoms with Crippen LogP contribution in [-0.4, -0.2) is 22.0 Å². The highest BCUT2D eigenvalue weighted by molar-refractivity contribution is 6.32. The molecule has 1 aromatic heterocycles. The summed E-state index contributed by atoms with van der Waals surface area (Å²) >= 11 is 5.77. The average Bonchev–Trinajstić information content (AvgIpc) is 2.21. The highest BCUT2D eigenvalue weighted by Gasteiger charge is 2.07. The summed E-state index contributed by atoms with van der Waals surface area (Å²) in [6.45, 7) is 1.75. The fourth-order valence-corrected chi connectivity index (χ4v) is 1.24. The van der Waals surface area contributed by atoms with Crippen LogP contribution in [0.1, 0.15) is 5.56 Å². The SMILES string of the molecule is Cc1ccnc(Cl)c1NC(=O)C=CC(=O)O. The molecular formula is C10H9ClN2O3. The third-order valence-corrected chi connectivity index (χ3v) is 2.03. The zero-order chi connectivity index (χ0) is 12.1. The van der Waals surface area contributed by atoms with Crippen molar-refractivity contribution in [1.82, 2.24) is 4.98 Å². The van der Waals surface area contributed by atoms with E-state index in [4.69, 9.17) is 16.7 Å². The molecule has 0 aliphatic rings. The van der Waals surface area contributed by atoms with Gasteiger partial charge in [0.15, 0.2) is 5.15 Å². The van der Waals surface area contributed by atoms with Crippen LogP contribution < -0.4 is 5.32 Å². The Hall–Kier alpha value is -1.88. The molecule has 0 atom stereocenters. The van der Waals surface area contributed by atoms with Crippen LogP contribution in [-0.2, 0) is 9.59 Å². The summed E-state index contributed by atoms with van der Waals surface area (Å²) in [5.74, 6) is -1.76. The molecule has 0 bridgehead atoms. The number of aliphatic carboxylic acids is 1. The van der Waals surface area contributed by atoms with Gasteiger partial charge in [-0.3, -0.25) is 4.79 Å². The van der Waals surface area contributed by atoms with E-state index in [1.165, 1.54) is 6.20 Å². The number of carboxylic acids is 1. The number of nitrogens with zero attached hydrogens (tertiary/aromatic N) is 1. The quantitative estimate of drug-likeness (QED) is 0.622. The highest BCUT2D eigenvalue weighted by Crippen LogP contribution is 2.22. The molecule has 16 heavy (non-hydrogen) atoms. The molecule has 6 heteroatoms. The van der Waals surface area contributed by atoms with E-state index in [2.05, 4.69) is 10.3 Å². The van der Waals surface area contributed by atoms with E-state index in [1.807, 2.05) is 0 Å². The lowest BCUT2D eigenvalue weighted by molar-refractivity contribution is -0.131. The summed E-state index contributed by atoms with van der Waals surface area (Å²) in [6.07, 6.45) is 3.17. The first-order valence-corrected chi connectivity index (χ1v) is 4.71. The van der Waals surface area contributed by atoms with Gasteiger partial charge in [-0.1, -0.05) is 11.6 Å². The van der Waals surface area contributed by atoms with Gasteiger partial charge in [0.1, 0.15) is 0 Å². The lowest BCUT2D eigenvalue weighted by Crippen LogP contribution is -2.10. The van der Waals surface area contributed by atoms with E-state index in [1.54, 1.807) is 13.0 Å². The van der Waals surface area contributed by atoms with E-state index in [-0.39, 0.29) is 5.15 Å². The van der Waals surface area contributed by atoms with Crippen molar-refractivity contribution in [2.24, 2.45) is 0 Å². The third kappa shape index (κ3) is 3.36. The Balaban J connectivity index is 2.81. The van der Waals surface area contributed by atoms with Crippen molar-refractivity contribution >= 4 is 29.2 Å². The molecule has 0 radical (unpaired) electrons. The number of rotatable bonds is 3. The summed E-state index contributed by atoms with van der Waals surface area (Å²) in [6, 6.07) is 1.68. The van der Waals surface area contributed by atoms with Gasteiger partial charge in [-0.2, -0.15) is 0 Å². The van der Waals surface area contributed by atoms with Crippen molar-refractivity contribution in [1.29, 1.82) is 0 Å².